The molecule has 5 nitrogen and oxygen atoms in total. The molecule has 3 aliphatic carbocycles. The molecule has 1 heterocycles. The fourth-order valence-corrected chi connectivity index (χ4v) is 6.69. The van der Waals surface area contributed by atoms with Gasteiger partial charge in [-0.05, 0) is 0 Å². The molecule has 4 rings (SSSR count). The Balaban J connectivity index is -0.000000143. The van der Waals surface area contributed by atoms with E-state index in [1.165, 1.54) is 10.9 Å². The van der Waals surface area contributed by atoms with E-state index in [0.29, 0.717) is 10.1 Å². The summed E-state index contributed by atoms with van der Waals surface area (Å²) in [6, 6.07) is 0. The molecule has 1 aromatic rings. The third-order valence-corrected chi connectivity index (χ3v) is 9.16. The maximum absolute atomic E-state index is 13.7. The van der Waals surface area contributed by atoms with Crippen LogP contribution < -0.4 is 0 Å². The molecule has 436 valence electrons. The molecule has 0 aromatic carbocycles. The zero-order valence-electron chi connectivity index (χ0n) is 33.4. The van der Waals surface area contributed by atoms with E-state index < -0.39 is 163 Å². The Bertz CT molecular complexity index is 1640. The van der Waals surface area contributed by atoms with Gasteiger partial charge in [-0.15, -0.1) is 105 Å². The molecule has 0 bridgehead atoms. The number of carboxylic acid groups (broad SMARTS) is 1. The molecule has 0 amide bonds. The Kier molecular flexibility index (Phi) is 42.3. The minimum absolute atomic E-state index is 0.0431. The number of halogens is 39. The van der Waals surface area contributed by atoms with Crippen molar-refractivity contribution in [3.05, 3.63) is 58.3 Å². The monoisotopic (exact) mass is 1290 g/mol. The molecular formula is C28H20F39N3O2Sn. The van der Waals surface area contributed by atoms with Crippen molar-refractivity contribution >= 4 is 27.1 Å². The van der Waals surface area contributed by atoms with E-state index in [0.717, 1.165) is 0 Å². The first kappa shape index (κ1) is 82.7. The van der Waals surface area contributed by atoms with Crippen LogP contribution in [0.5, 0.6) is 0 Å². The minimum atomic E-state index is -5.50. The average molecular weight is 1290 g/mol. The number of aromatic nitrogens is 3. The molecule has 0 spiro atoms. The van der Waals surface area contributed by atoms with E-state index in [1.54, 1.807) is 0 Å². The van der Waals surface area contributed by atoms with Gasteiger partial charge >= 0.3 is 155 Å². The zero-order chi connectivity index (χ0) is 60.5. The van der Waals surface area contributed by atoms with E-state index >= 15 is 0 Å². The van der Waals surface area contributed by atoms with Crippen LogP contribution in [0.4, 0.5) is 171 Å². The summed E-state index contributed by atoms with van der Waals surface area (Å²) < 4.78 is 406. The molecule has 0 fully saturated rings. The second kappa shape index (κ2) is 37.4. The standard InChI is InChI=1S/C9H4F6.C5H4F3.C5H6N3O2.6CF4.3CH2F2.Sn/c10-4-2-9(15,8(4)14)1-3-5(11)7(13)6(3)12;1-5(8)2-3(6)4(5)7;1-4-2-8(7-6-4)3-5(9)10;6*2-1(3,4)5;3*2-1-3;/h1-2H2;1-2H2;2H,1,3H2,(H,9,10);;;;;;;3*1H2;. The molecule has 2 atom stereocenters. The van der Waals surface area contributed by atoms with Gasteiger partial charge in [0, 0.05) is 18.4 Å². The van der Waals surface area contributed by atoms with Crippen molar-refractivity contribution in [2.24, 2.45) is 0 Å². The number of carbonyl (C=O) groups is 1. The molecule has 1 aromatic heterocycles. The fraction of sp³-hybridized carbons (Fsp3) is 0.607. The van der Waals surface area contributed by atoms with Crippen LogP contribution in [0.25, 0.3) is 0 Å². The van der Waals surface area contributed by atoms with Crippen LogP contribution in [-0.2, 0) is 15.8 Å². The molecule has 2 radical (unpaired) electrons. The number of alkyl halides is 32. The predicted molar refractivity (Wildman–Crippen MR) is 164 cm³/mol. The number of allylic oxidation sites excluding steroid dienone is 8. The molecule has 1 N–H and O–H groups in total. The summed E-state index contributed by atoms with van der Waals surface area (Å²) in [7, 11) is 0. The Morgan fingerprint density at radius 2 is 0.795 bits per heavy atom. The maximum atomic E-state index is 13.7. The SMILES string of the molecule is FC(F)(F)F.FC(F)(F)F.FC(F)(F)F.FC(F)(F)F.FC(F)(F)F.FC(F)(F)F.FC1=C(F)C(F)(CC2=C(F)C(F)=C2F)C1.FCF.FCF.FCF.O=C(O)Cn1cc([CH2][Sn][CH2]C2(F)CC(F)=C2F)nn1. The fourth-order valence-electron chi connectivity index (χ4n) is 3.21. The summed E-state index contributed by atoms with van der Waals surface area (Å²) in [5.41, 5.74) is -5.12. The van der Waals surface area contributed by atoms with Crippen LogP contribution in [0.2, 0.25) is 4.44 Å². The third-order valence-electron chi connectivity index (χ3n) is 5.10. The topological polar surface area (TPSA) is 68.0 Å². The van der Waals surface area contributed by atoms with Crippen molar-refractivity contribution in [1.82, 2.24) is 15.0 Å². The number of rotatable bonds is 8. The summed E-state index contributed by atoms with van der Waals surface area (Å²) in [6.07, 6.45) is -33.9. The Hall–Kier alpha value is -4.36. The molecule has 0 aliphatic heterocycles. The van der Waals surface area contributed by atoms with Crippen LogP contribution in [0, 0.1) is 0 Å². The van der Waals surface area contributed by atoms with Gasteiger partial charge in [-0.25, -0.2) is 52.7 Å². The molecule has 2 unspecified atom stereocenters. The van der Waals surface area contributed by atoms with Crippen molar-refractivity contribution in [3.63, 3.8) is 0 Å². The first-order chi connectivity index (χ1) is 32.0. The van der Waals surface area contributed by atoms with Crippen molar-refractivity contribution in [3.8, 4) is 0 Å². The molecular weight excluding hydrogens is 1270 g/mol. The summed E-state index contributed by atoms with van der Waals surface area (Å²) in [4.78, 5) is 10.4. The van der Waals surface area contributed by atoms with Gasteiger partial charge in [0.15, 0.2) is 29.0 Å². The molecule has 45 heteroatoms. The Labute approximate surface area is 387 Å². The number of nitrogens with zero attached hydrogens (tertiary/aromatic N) is 3. The Morgan fingerprint density at radius 3 is 1.03 bits per heavy atom. The second-order valence-electron chi connectivity index (χ2n) is 10.6. The predicted octanol–water partition coefficient (Wildman–Crippen LogP) is 16.8. The van der Waals surface area contributed by atoms with Crippen LogP contribution in [-0.4, -0.2) is 118 Å². The summed E-state index contributed by atoms with van der Waals surface area (Å²) in [5.74, 6) is -11.0. The molecule has 0 saturated heterocycles. The number of carboxylic acids is 1. The van der Waals surface area contributed by atoms with Crippen molar-refractivity contribution in [2.45, 2.75) is 84.6 Å². The first-order valence-corrected chi connectivity index (χ1v) is 19.7. The van der Waals surface area contributed by atoms with Crippen LogP contribution >= 0.6 is 0 Å². The average Bonchev–Trinajstić information content (AvgIpc) is 3.56. The number of hydrogen-bond donors (Lipinski definition) is 1. The summed E-state index contributed by atoms with van der Waals surface area (Å²) >= 11 is -1.28. The van der Waals surface area contributed by atoms with Gasteiger partial charge in [0.25, 0.3) is 0 Å². The van der Waals surface area contributed by atoms with Crippen molar-refractivity contribution < 1.29 is 181 Å². The third kappa shape index (κ3) is 65.6. The van der Waals surface area contributed by atoms with Crippen molar-refractivity contribution in [1.29, 1.82) is 0 Å². The van der Waals surface area contributed by atoms with Crippen LogP contribution in [0.1, 0.15) is 25.0 Å². The first-order valence-electron chi connectivity index (χ1n) is 15.6. The van der Waals surface area contributed by atoms with E-state index in [2.05, 4.69) is 10.3 Å². The number of aliphatic carboxylic acids is 1. The van der Waals surface area contributed by atoms with Gasteiger partial charge < -0.3 is 0 Å². The van der Waals surface area contributed by atoms with E-state index in [-0.39, 0.29) is 11.0 Å². The van der Waals surface area contributed by atoms with Gasteiger partial charge in [0.2, 0.25) is 20.8 Å². The summed E-state index contributed by atoms with van der Waals surface area (Å²) in [5, 5.41) is 15.9. The van der Waals surface area contributed by atoms with Crippen LogP contribution in [0.3, 0.4) is 0 Å². The molecule has 73 heavy (non-hydrogen) atoms. The second-order valence-corrected chi connectivity index (χ2v) is 14.0. The molecule has 0 saturated carbocycles. The quantitative estimate of drug-likeness (QED) is 0.208. The Morgan fingerprint density at radius 1 is 0.521 bits per heavy atom. The van der Waals surface area contributed by atoms with Gasteiger partial charge in [-0.3, -0.25) is 0 Å². The molecule has 3 aliphatic rings. The van der Waals surface area contributed by atoms with E-state index in [9.17, 15) is 176 Å². The van der Waals surface area contributed by atoms with Gasteiger partial charge in [0.1, 0.15) is 5.83 Å². The van der Waals surface area contributed by atoms with Crippen molar-refractivity contribution in [2.75, 3.05) is 20.8 Å². The van der Waals surface area contributed by atoms with Gasteiger partial charge in [-0.2, -0.15) is 0 Å². The van der Waals surface area contributed by atoms with Gasteiger partial charge in [0.05, 0.1) is 0 Å². The zero-order valence-corrected chi connectivity index (χ0v) is 36.2. The van der Waals surface area contributed by atoms with Crippen LogP contribution in [0.15, 0.2) is 52.6 Å². The summed E-state index contributed by atoms with van der Waals surface area (Å²) in [6.45, 7) is -5.53. The van der Waals surface area contributed by atoms with Gasteiger partial charge in [-0.1, -0.05) is 0 Å². The van der Waals surface area contributed by atoms with E-state index in [4.69, 9.17) is 5.11 Å². The number of hydrogen-bond acceptors (Lipinski definition) is 3. The van der Waals surface area contributed by atoms with E-state index in [1.807, 2.05) is 0 Å². The normalized spacial score (nSPS) is 17.8.